The summed E-state index contributed by atoms with van der Waals surface area (Å²) in [5.41, 5.74) is 5.48. The number of amides is 3. The van der Waals surface area contributed by atoms with Crippen molar-refractivity contribution >= 4 is 24.3 Å². The van der Waals surface area contributed by atoms with Gasteiger partial charge < -0.3 is 25.6 Å². The number of hydrogen-bond acceptors (Lipinski definition) is 4. The molecule has 26 heavy (non-hydrogen) atoms. The van der Waals surface area contributed by atoms with Crippen LogP contribution in [0.4, 0.5) is 4.79 Å². The lowest BCUT2D eigenvalue weighted by atomic mass is 9.78. The molecule has 3 aliphatic rings. The topological polar surface area (TPSA) is 87.9 Å². The molecule has 1 aliphatic carbocycles. The number of nitrogens with two attached hydrogens (primary N) is 1. The molecule has 3 rings (SSSR count). The molecule has 3 N–H and O–H groups in total. The van der Waals surface area contributed by atoms with Crippen LogP contribution >= 0.6 is 12.4 Å². The molecule has 2 aliphatic heterocycles. The maximum Gasteiger partial charge on any atom is 0.317 e. The molecule has 0 aromatic carbocycles. The van der Waals surface area contributed by atoms with E-state index in [1.807, 2.05) is 9.80 Å². The van der Waals surface area contributed by atoms with E-state index in [2.05, 4.69) is 5.32 Å². The van der Waals surface area contributed by atoms with Crippen LogP contribution in [0.1, 0.15) is 44.9 Å². The van der Waals surface area contributed by atoms with Gasteiger partial charge >= 0.3 is 6.03 Å². The molecule has 0 unspecified atom stereocenters. The zero-order valence-electron chi connectivity index (χ0n) is 15.6. The molecule has 0 spiro atoms. The van der Waals surface area contributed by atoms with E-state index in [0.29, 0.717) is 64.8 Å². The van der Waals surface area contributed by atoms with E-state index < -0.39 is 5.41 Å². The molecule has 2 saturated heterocycles. The maximum absolute atomic E-state index is 13.0. The average Bonchev–Trinajstić information content (AvgIpc) is 2.69. The number of hydrogen-bond donors (Lipinski definition) is 2. The summed E-state index contributed by atoms with van der Waals surface area (Å²) in [6.07, 6.45) is 7.27. The van der Waals surface area contributed by atoms with Gasteiger partial charge in [-0.25, -0.2) is 4.79 Å². The van der Waals surface area contributed by atoms with E-state index in [9.17, 15) is 9.59 Å². The van der Waals surface area contributed by atoms with Crippen molar-refractivity contribution in [3.05, 3.63) is 0 Å². The van der Waals surface area contributed by atoms with Crippen LogP contribution in [0.5, 0.6) is 0 Å². The monoisotopic (exact) mass is 388 g/mol. The minimum Gasteiger partial charge on any atom is -0.381 e. The van der Waals surface area contributed by atoms with Gasteiger partial charge in [0.25, 0.3) is 0 Å². The number of urea groups is 1. The quantitative estimate of drug-likeness (QED) is 0.763. The van der Waals surface area contributed by atoms with Crippen LogP contribution in [0.15, 0.2) is 0 Å². The molecule has 3 amide bonds. The van der Waals surface area contributed by atoms with Gasteiger partial charge in [-0.2, -0.15) is 0 Å². The Kier molecular flexibility index (Phi) is 7.98. The third-order valence-corrected chi connectivity index (χ3v) is 6.08. The number of piperazine rings is 1. The summed E-state index contributed by atoms with van der Waals surface area (Å²) in [6.45, 7) is 3.97. The van der Waals surface area contributed by atoms with Gasteiger partial charge in [0.1, 0.15) is 0 Å². The van der Waals surface area contributed by atoms with Crippen LogP contribution in [-0.2, 0) is 9.53 Å². The van der Waals surface area contributed by atoms with E-state index >= 15 is 0 Å². The molecule has 8 heteroatoms. The molecule has 0 aromatic heterocycles. The Morgan fingerprint density at radius 1 is 1.00 bits per heavy atom. The molecule has 0 aromatic rings. The Labute approximate surface area is 162 Å². The van der Waals surface area contributed by atoms with Crippen molar-refractivity contribution in [1.29, 1.82) is 0 Å². The van der Waals surface area contributed by atoms with Crippen molar-refractivity contribution in [1.82, 2.24) is 15.1 Å². The van der Waals surface area contributed by atoms with Crippen LogP contribution in [0.2, 0.25) is 0 Å². The molecule has 3 fully saturated rings. The lowest BCUT2D eigenvalue weighted by Gasteiger charge is -2.42. The van der Waals surface area contributed by atoms with Crippen LogP contribution in [-0.4, -0.2) is 73.7 Å². The van der Waals surface area contributed by atoms with Gasteiger partial charge in [0.2, 0.25) is 5.91 Å². The summed E-state index contributed by atoms with van der Waals surface area (Å²) in [5.74, 6) is 0.144. The molecule has 150 valence electrons. The first-order chi connectivity index (χ1) is 12.1. The fourth-order valence-corrected chi connectivity index (χ4v) is 4.23. The second-order valence-corrected chi connectivity index (χ2v) is 7.66. The molecule has 1 saturated carbocycles. The summed E-state index contributed by atoms with van der Waals surface area (Å²) in [5, 5.41) is 3.16. The summed E-state index contributed by atoms with van der Waals surface area (Å²) < 4.78 is 5.40. The molecule has 7 nitrogen and oxygen atoms in total. The first kappa shape index (κ1) is 21.3. The van der Waals surface area contributed by atoms with Gasteiger partial charge in [0.15, 0.2) is 0 Å². The first-order valence-corrected chi connectivity index (χ1v) is 9.77. The van der Waals surface area contributed by atoms with Crippen molar-refractivity contribution < 1.29 is 14.3 Å². The van der Waals surface area contributed by atoms with Gasteiger partial charge in [-0.3, -0.25) is 4.79 Å². The number of rotatable bonds is 3. The van der Waals surface area contributed by atoms with Crippen LogP contribution in [0.3, 0.4) is 0 Å². The highest BCUT2D eigenvalue weighted by Gasteiger charge is 2.42. The summed E-state index contributed by atoms with van der Waals surface area (Å²) in [7, 11) is 0. The number of nitrogens with one attached hydrogen (secondary N) is 1. The van der Waals surface area contributed by atoms with Crippen molar-refractivity contribution in [2.24, 2.45) is 11.1 Å². The predicted octanol–water partition coefficient (Wildman–Crippen LogP) is 1.35. The van der Waals surface area contributed by atoms with Gasteiger partial charge in [0, 0.05) is 52.0 Å². The van der Waals surface area contributed by atoms with Gasteiger partial charge in [-0.1, -0.05) is 19.3 Å². The molecule has 2 heterocycles. The second kappa shape index (κ2) is 9.76. The highest BCUT2D eigenvalue weighted by atomic mass is 35.5. The van der Waals surface area contributed by atoms with Crippen LogP contribution in [0.25, 0.3) is 0 Å². The highest BCUT2D eigenvalue weighted by molar-refractivity contribution is 5.85. The van der Waals surface area contributed by atoms with Gasteiger partial charge in [0.05, 0.1) is 5.41 Å². The lowest BCUT2D eigenvalue weighted by Crippen LogP contribution is -2.58. The number of nitrogens with zero attached hydrogens (tertiary/aromatic N) is 2. The molecule has 0 atom stereocenters. The number of ether oxygens (including phenoxy) is 1. The Bertz CT molecular complexity index is 471. The lowest BCUT2D eigenvalue weighted by molar-refractivity contribution is -0.148. The number of halogens is 1. The van der Waals surface area contributed by atoms with E-state index in [1.165, 1.54) is 19.3 Å². The Morgan fingerprint density at radius 3 is 2.15 bits per heavy atom. The Morgan fingerprint density at radius 2 is 1.58 bits per heavy atom. The second-order valence-electron chi connectivity index (χ2n) is 7.66. The SMILES string of the molecule is Cl.NCC1(C(=O)N2CCN(C(=O)NC3CCCCC3)CC2)CCOCC1. The van der Waals surface area contributed by atoms with Crippen molar-refractivity contribution in [3.63, 3.8) is 0 Å². The zero-order chi connectivity index (χ0) is 17.7. The normalized spacial score (nSPS) is 23.9. The van der Waals surface area contributed by atoms with Gasteiger partial charge in [-0.15, -0.1) is 12.4 Å². The third-order valence-electron chi connectivity index (χ3n) is 6.08. The largest absolute Gasteiger partial charge is 0.381 e. The summed E-state index contributed by atoms with van der Waals surface area (Å²) in [4.78, 5) is 29.1. The molecule has 0 bridgehead atoms. The first-order valence-electron chi connectivity index (χ1n) is 9.77. The van der Waals surface area contributed by atoms with Crippen molar-refractivity contribution in [2.45, 2.75) is 51.0 Å². The average molecular weight is 389 g/mol. The highest BCUT2D eigenvalue weighted by Crippen LogP contribution is 2.32. The minimum absolute atomic E-state index is 0. The van der Waals surface area contributed by atoms with Gasteiger partial charge in [-0.05, 0) is 25.7 Å². The fraction of sp³-hybridized carbons (Fsp3) is 0.889. The maximum atomic E-state index is 13.0. The van der Waals surface area contributed by atoms with Crippen molar-refractivity contribution in [2.75, 3.05) is 45.9 Å². The van der Waals surface area contributed by atoms with Crippen LogP contribution < -0.4 is 11.1 Å². The summed E-state index contributed by atoms with van der Waals surface area (Å²) in [6, 6.07) is 0.349. The number of carbonyl (C=O) groups excluding carboxylic acids is 2. The Hall–Kier alpha value is -1.05. The van der Waals surface area contributed by atoms with E-state index in [4.69, 9.17) is 10.5 Å². The molecular formula is C18H33ClN4O3. The third kappa shape index (κ3) is 4.81. The minimum atomic E-state index is -0.467. The number of carbonyl (C=O) groups is 2. The standard InChI is InChI=1S/C18H32N4O3.ClH/c19-14-18(6-12-25-13-7-18)16(23)21-8-10-22(11-9-21)17(24)20-15-4-2-1-3-5-15;/h15H,1-14,19H2,(H,20,24);1H. The predicted molar refractivity (Wildman–Crippen MR) is 102 cm³/mol. The molecule has 0 radical (unpaired) electrons. The fourth-order valence-electron chi connectivity index (χ4n) is 4.23. The van der Waals surface area contributed by atoms with Crippen LogP contribution in [0, 0.1) is 5.41 Å². The van der Waals surface area contributed by atoms with E-state index in [-0.39, 0.29) is 24.3 Å². The summed E-state index contributed by atoms with van der Waals surface area (Å²) >= 11 is 0. The van der Waals surface area contributed by atoms with E-state index in [0.717, 1.165) is 12.8 Å². The smallest absolute Gasteiger partial charge is 0.317 e. The van der Waals surface area contributed by atoms with Crippen molar-refractivity contribution in [3.8, 4) is 0 Å². The van der Waals surface area contributed by atoms with E-state index in [1.54, 1.807) is 0 Å². The Balaban J connectivity index is 0.00000243. The zero-order valence-corrected chi connectivity index (χ0v) is 16.4. The molecular weight excluding hydrogens is 356 g/mol.